The number of alkyl halides is 1. The summed E-state index contributed by atoms with van der Waals surface area (Å²) in [6.07, 6.45) is 0.919. The van der Waals surface area contributed by atoms with Gasteiger partial charge in [-0.25, -0.2) is 4.39 Å². The summed E-state index contributed by atoms with van der Waals surface area (Å²) in [5.41, 5.74) is 1.08. The predicted molar refractivity (Wildman–Crippen MR) is 73.8 cm³/mol. The number of thiophene rings is 1. The first-order chi connectivity index (χ1) is 7.66. The molecule has 0 saturated heterocycles. The van der Waals surface area contributed by atoms with Gasteiger partial charge in [-0.15, -0.1) is 11.3 Å². The maximum atomic E-state index is 12.9. The van der Waals surface area contributed by atoms with Crippen LogP contribution in [0, 0.1) is 5.82 Å². The summed E-state index contributed by atoms with van der Waals surface area (Å²) in [6.45, 7) is 0. The van der Waals surface area contributed by atoms with Crippen molar-refractivity contribution in [2.75, 3.05) is 0 Å². The maximum absolute atomic E-state index is 12.9. The van der Waals surface area contributed by atoms with Crippen LogP contribution in [-0.2, 0) is 6.42 Å². The van der Waals surface area contributed by atoms with E-state index in [2.05, 4.69) is 43.3 Å². The van der Waals surface area contributed by atoms with Crippen LogP contribution in [0.25, 0.3) is 0 Å². The van der Waals surface area contributed by atoms with Gasteiger partial charge in [-0.2, -0.15) is 0 Å². The third-order valence-corrected chi connectivity index (χ3v) is 4.66. The summed E-state index contributed by atoms with van der Waals surface area (Å²) < 4.78 is 13.8. The number of benzene rings is 1. The van der Waals surface area contributed by atoms with Crippen molar-refractivity contribution in [3.63, 3.8) is 0 Å². The first kappa shape index (κ1) is 12.3. The SMILES string of the molecule is Fc1ccc(C(Br)Cc2cccs2)c(Br)c1. The summed E-state index contributed by atoms with van der Waals surface area (Å²) in [6, 6.07) is 8.95. The van der Waals surface area contributed by atoms with Gasteiger partial charge in [-0.05, 0) is 35.6 Å². The second-order valence-corrected chi connectivity index (χ2v) is 6.41. The molecule has 1 heterocycles. The zero-order chi connectivity index (χ0) is 11.5. The quantitative estimate of drug-likeness (QED) is 0.646. The van der Waals surface area contributed by atoms with Crippen molar-refractivity contribution < 1.29 is 4.39 Å². The average molecular weight is 364 g/mol. The number of hydrogen-bond donors (Lipinski definition) is 0. The highest BCUT2D eigenvalue weighted by molar-refractivity contribution is 9.11. The van der Waals surface area contributed by atoms with Gasteiger partial charge in [0.2, 0.25) is 0 Å². The number of hydrogen-bond acceptors (Lipinski definition) is 1. The van der Waals surface area contributed by atoms with Crippen molar-refractivity contribution in [1.82, 2.24) is 0 Å². The minimum Gasteiger partial charge on any atom is -0.207 e. The molecule has 0 aliphatic heterocycles. The first-order valence-corrected chi connectivity index (χ1v) is 7.37. The van der Waals surface area contributed by atoms with Crippen LogP contribution >= 0.6 is 43.2 Å². The summed E-state index contributed by atoms with van der Waals surface area (Å²) >= 11 is 8.76. The third kappa shape index (κ3) is 2.93. The van der Waals surface area contributed by atoms with Crippen LogP contribution < -0.4 is 0 Å². The lowest BCUT2D eigenvalue weighted by Gasteiger charge is -2.11. The van der Waals surface area contributed by atoms with E-state index >= 15 is 0 Å². The van der Waals surface area contributed by atoms with Crippen molar-refractivity contribution in [3.8, 4) is 0 Å². The predicted octanol–water partition coefficient (Wildman–Crippen LogP) is 5.33. The molecule has 2 aromatic rings. The van der Waals surface area contributed by atoms with E-state index in [9.17, 15) is 4.39 Å². The fourth-order valence-electron chi connectivity index (χ4n) is 1.47. The molecule has 1 aromatic heterocycles. The summed E-state index contributed by atoms with van der Waals surface area (Å²) in [5.74, 6) is -0.216. The Morgan fingerprint density at radius 1 is 1.31 bits per heavy atom. The van der Waals surface area contributed by atoms with Gasteiger partial charge in [-0.1, -0.05) is 44.0 Å². The molecule has 0 aliphatic carbocycles. The monoisotopic (exact) mass is 362 g/mol. The molecule has 0 radical (unpaired) electrons. The van der Waals surface area contributed by atoms with Crippen LogP contribution in [0.1, 0.15) is 15.3 Å². The third-order valence-electron chi connectivity index (χ3n) is 2.26. The molecule has 0 fully saturated rings. The fraction of sp³-hybridized carbons (Fsp3) is 0.167. The van der Waals surface area contributed by atoms with Crippen molar-refractivity contribution >= 4 is 43.2 Å². The average Bonchev–Trinajstić information content (AvgIpc) is 2.70. The topological polar surface area (TPSA) is 0 Å². The minimum absolute atomic E-state index is 0.209. The molecule has 0 bridgehead atoms. The highest BCUT2D eigenvalue weighted by Crippen LogP contribution is 2.33. The van der Waals surface area contributed by atoms with Crippen molar-refractivity contribution in [1.29, 1.82) is 0 Å². The Hall–Kier alpha value is -0.190. The van der Waals surface area contributed by atoms with E-state index in [4.69, 9.17) is 0 Å². The van der Waals surface area contributed by atoms with Gasteiger partial charge in [0.1, 0.15) is 5.82 Å². The molecule has 1 unspecified atom stereocenters. The maximum Gasteiger partial charge on any atom is 0.124 e. The lowest BCUT2D eigenvalue weighted by molar-refractivity contribution is 0.626. The highest BCUT2D eigenvalue weighted by atomic mass is 79.9. The van der Waals surface area contributed by atoms with E-state index in [0.29, 0.717) is 0 Å². The van der Waals surface area contributed by atoms with Crippen LogP contribution in [0.2, 0.25) is 0 Å². The van der Waals surface area contributed by atoms with Crippen LogP contribution in [0.4, 0.5) is 4.39 Å². The van der Waals surface area contributed by atoms with Gasteiger partial charge in [0.05, 0.1) is 0 Å². The molecule has 0 nitrogen and oxygen atoms in total. The number of rotatable bonds is 3. The Balaban J connectivity index is 2.17. The molecule has 84 valence electrons. The molecule has 4 heteroatoms. The molecule has 2 rings (SSSR count). The Morgan fingerprint density at radius 3 is 2.75 bits per heavy atom. The summed E-state index contributed by atoms with van der Waals surface area (Å²) in [7, 11) is 0. The molecule has 0 N–H and O–H groups in total. The van der Waals surface area contributed by atoms with Gasteiger partial charge < -0.3 is 0 Å². The Kier molecular flexibility index (Phi) is 4.16. The van der Waals surface area contributed by atoms with Gasteiger partial charge in [0.25, 0.3) is 0 Å². The van der Waals surface area contributed by atoms with Gasteiger partial charge in [-0.3, -0.25) is 0 Å². The molecule has 0 amide bonds. The minimum atomic E-state index is -0.216. The summed E-state index contributed by atoms with van der Waals surface area (Å²) in [4.78, 5) is 1.53. The Bertz CT molecular complexity index is 468. The Labute approximate surface area is 115 Å². The standard InChI is InChI=1S/C12H9Br2FS/c13-11-6-8(15)3-4-10(11)12(14)7-9-2-1-5-16-9/h1-6,12H,7H2. The lowest BCUT2D eigenvalue weighted by atomic mass is 10.1. The van der Waals surface area contributed by atoms with Crippen LogP contribution in [0.5, 0.6) is 0 Å². The molecule has 1 aromatic carbocycles. The zero-order valence-electron chi connectivity index (χ0n) is 8.29. The van der Waals surface area contributed by atoms with E-state index in [1.54, 1.807) is 11.3 Å². The van der Waals surface area contributed by atoms with Crippen molar-refractivity contribution in [2.45, 2.75) is 11.2 Å². The Morgan fingerprint density at radius 2 is 2.12 bits per heavy atom. The first-order valence-electron chi connectivity index (χ1n) is 4.78. The van der Waals surface area contributed by atoms with E-state index < -0.39 is 0 Å². The highest BCUT2D eigenvalue weighted by Gasteiger charge is 2.12. The molecule has 1 atom stereocenters. The molecule has 0 saturated carbocycles. The van der Waals surface area contributed by atoms with Crippen LogP contribution in [0.15, 0.2) is 40.2 Å². The second kappa shape index (κ2) is 5.43. The summed E-state index contributed by atoms with van der Waals surface area (Å²) in [5, 5.41) is 2.06. The van der Waals surface area contributed by atoms with Gasteiger partial charge >= 0.3 is 0 Å². The van der Waals surface area contributed by atoms with E-state index in [1.165, 1.54) is 17.0 Å². The van der Waals surface area contributed by atoms with E-state index in [-0.39, 0.29) is 10.6 Å². The zero-order valence-corrected chi connectivity index (χ0v) is 12.3. The largest absolute Gasteiger partial charge is 0.207 e. The number of halogens is 3. The van der Waals surface area contributed by atoms with E-state index in [0.717, 1.165) is 16.5 Å². The molecule has 0 aliphatic rings. The lowest BCUT2D eigenvalue weighted by Crippen LogP contribution is -1.95. The van der Waals surface area contributed by atoms with Crippen LogP contribution in [0.3, 0.4) is 0 Å². The van der Waals surface area contributed by atoms with Gasteiger partial charge in [0.15, 0.2) is 0 Å². The smallest absolute Gasteiger partial charge is 0.124 e. The molecular weight excluding hydrogens is 355 g/mol. The second-order valence-electron chi connectivity index (χ2n) is 3.42. The van der Waals surface area contributed by atoms with Crippen molar-refractivity contribution in [2.24, 2.45) is 0 Å². The molecular formula is C12H9Br2FS. The normalized spacial score (nSPS) is 12.7. The van der Waals surface area contributed by atoms with Crippen LogP contribution in [-0.4, -0.2) is 0 Å². The van der Waals surface area contributed by atoms with Crippen molar-refractivity contribution in [3.05, 3.63) is 56.4 Å². The molecule has 0 spiro atoms. The van der Waals surface area contributed by atoms with Gasteiger partial charge in [0, 0.05) is 14.2 Å². The van der Waals surface area contributed by atoms with E-state index in [1.807, 2.05) is 12.1 Å². The molecule has 16 heavy (non-hydrogen) atoms. The fourth-order valence-corrected chi connectivity index (χ4v) is 4.12.